The summed E-state index contributed by atoms with van der Waals surface area (Å²) in [6.07, 6.45) is 1.03. The molecule has 220 valence electrons. The van der Waals surface area contributed by atoms with Gasteiger partial charge in [0.2, 0.25) is 0 Å². The second-order valence-electron chi connectivity index (χ2n) is 12.8. The first kappa shape index (κ1) is 29.2. The second kappa shape index (κ2) is 10.5. The van der Waals surface area contributed by atoms with Crippen LogP contribution in [0.2, 0.25) is 0 Å². The van der Waals surface area contributed by atoms with Crippen LogP contribution in [0.3, 0.4) is 0 Å². The van der Waals surface area contributed by atoms with Gasteiger partial charge in [0.1, 0.15) is 11.4 Å². The molecule has 3 heterocycles. The van der Waals surface area contributed by atoms with E-state index in [9.17, 15) is 18.8 Å². The Morgan fingerprint density at radius 1 is 1.14 bits per heavy atom. The Hall–Kier alpha value is -4.27. The summed E-state index contributed by atoms with van der Waals surface area (Å²) in [6, 6.07) is 11.7. The van der Waals surface area contributed by atoms with Crippen LogP contribution in [0.5, 0.6) is 0 Å². The van der Waals surface area contributed by atoms with Crippen LogP contribution in [0.1, 0.15) is 84.8 Å². The molecule has 0 fully saturated rings. The smallest absolute Gasteiger partial charge is 0.414 e. The number of nitrogens with two attached hydrogens (primary N) is 1. The quantitative estimate of drug-likeness (QED) is 0.394. The number of fused-ring (bicyclic) bond motifs is 2. The van der Waals surface area contributed by atoms with Gasteiger partial charge in [-0.1, -0.05) is 32.0 Å². The SMILES string of the molecule is CC(C)Cc1nc2c(c(-c3ccc4c(c3)CCN4C(=O)OC(C)(C)C)c1C(N)=O)C(=O)N[C@@]2(C)Cc1ccc(F)cc1. The predicted octanol–water partition coefficient (Wildman–Crippen LogP) is 5.68. The van der Waals surface area contributed by atoms with E-state index in [4.69, 9.17) is 15.5 Å². The number of anilines is 1. The fourth-order valence-corrected chi connectivity index (χ4v) is 5.92. The highest BCUT2D eigenvalue weighted by molar-refractivity contribution is 6.12. The molecule has 2 aliphatic heterocycles. The maximum atomic E-state index is 13.7. The highest BCUT2D eigenvalue weighted by Gasteiger charge is 2.44. The minimum atomic E-state index is -0.898. The molecule has 5 rings (SSSR count). The number of nitrogens with one attached hydrogen (secondary N) is 1. The van der Waals surface area contributed by atoms with E-state index >= 15 is 0 Å². The summed E-state index contributed by atoms with van der Waals surface area (Å²) >= 11 is 0. The number of ether oxygens (including phenoxy) is 1. The van der Waals surface area contributed by atoms with Crippen molar-refractivity contribution >= 4 is 23.6 Å². The van der Waals surface area contributed by atoms with Crippen molar-refractivity contribution in [3.05, 3.63) is 81.9 Å². The molecule has 1 aromatic heterocycles. The Bertz CT molecular complexity index is 1590. The summed E-state index contributed by atoms with van der Waals surface area (Å²) < 4.78 is 19.2. The number of hydrogen-bond acceptors (Lipinski definition) is 5. The van der Waals surface area contributed by atoms with Crippen LogP contribution in [0.25, 0.3) is 11.1 Å². The fourth-order valence-electron chi connectivity index (χ4n) is 5.92. The average molecular weight is 573 g/mol. The van der Waals surface area contributed by atoms with Gasteiger partial charge in [-0.05, 0) is 87.4 Å². The first-order chi connectivity index (χ1) is 19.7. The molecule has 3 aromatic rings. The van der Waals surface area contributed by atoms with Crippen LogP contribution >= 0.6 is 0 Å². The molecule has 0 unspecified atom stereocenters. The van der Waals surface area contributed by atoms with Crippen molar-refractivity contribution in [1.29, 1.82) is 0 Å². The summed E-state index contributed by atoms with van der Waals surface area (Å²) in [5.41, 5.74) is 9.62. The van der Waals surface area contributed by atoms with E-state index in [-0.39, 0.29) is 23.2 Å². The summed E-state index contributed by atoms with van der Waals surface area (Å²) in [7, 11) is 0. The Labute approximate surface area is 245 Å². The minimum absolute atomic E-state index is 0.164. The van der Waals surface area contributed by atoms with Crippen molar-refractivity contribution in [2.45, 2.75) is 71.9 Å². The van der Waals surface area contributed by atoms with Crippen molar-refractivity contribution in [1.82, 2.24) is 10.3 Å². The molecule has 2 aliphatic rings. The van der Waals surface area contributed by atoms with E-state index < -0.39 is 23.1 Å². The number of primary amides is 1. The Morgan fingerprint density at radius 3 is 2.45 bits per heavy atom. The zero-order valence-corrected chi connectivity index (χ0v) is 24.9. The molecule has 1 atom stereocenters. The molecule has 0 spiro atoms. The third kappa shape index (κ3) is 5.47. The van der Waals surface area contributed by atoms with Crippen molar-refractivity contribution in [3.63, 3.8) is 0 Å². The normalized spacial score (nSPS) is 17.7. The van der Waals surface area contributed by atoms with Crippen LogP contribution in [0.15, 0.2) is 42.5 Å². The molecule has 0 saturated carbocycles. The van der Waals surface area contributed by atoms with E-state index in [1.807, 2.05) is 59.7 Å². The lowest BCUT2D eigenvalue weighted by Gasteiger charge is -2.26. The number of rotatable bonds is 6. The average Bonchev–Trinajstić information content (AvgIpc) is 3.41. The number of carbonyl (C=O) groups excluding carboxylic acids is 3. The number of aromatic nitrogens is 1. The van der Waals surface area contributed by atoms with Gasteiger partial charge in [-0.15, -0.1) is 0 Å². The predicted molar refractivity (Wildman–Crippen MR) is 159 cm³/mol. The van der Waals surface area contributed by atoms with Gasteiger partial charge in [-0.3, -0.25) is 19.5 Å². The number of halogens is 1. The van der Waals surface area contributed by atoms with E-state index in [1.165, 1.54) is 12.1 Å². The molecule has 3 N–H and O–H groups in total. The summed E-state index contributed by atoms with van der Waals surface area (Å²) in [5.74, 6) is -1.19. The first-order valence-electron chi connectivity index (χ1n) is 14.2. The van der Waals surface area contributed by atoms with Crippen molar-refractivity contribution in [2.75, 3.05) is 11.4 Å². The summed E-state index contributed by atoms with van der Waals surface area (Å²) in [6.45, 7) is 11.9. The highest BCUT2D eigenvalue weighted by atomic mass is 19.1. The molecular formula is C33H37FN4O4. The molecule has 0 radical (unpaired) electrons. The molecule has 0 aliphatic carbocycles. The van der Waals surface area contributed by atoms with Gasteiger partial charge in [0.15, 0.2) is 0 Å². The van der Waals surface area contributed by atoms with Crippen molar-refractivity contribution in [2.24, 2.45) is 11.7 Å². The van der Waals surface area contributed by atoms with Gasteiger partial charge >= 0.3 is 6.09 Å². The lowest BCUT2D eigenvalue weighted by Crippen LogP contribution is -2.39. The molecule has 2 aromatic carbocycles. The van der Waals surface area contributed by atoms with E-state index in [2.05, 4.69) is 5.32 Å². The standard InChI is InChI=1S/C33H37FN4O4/c1-18(2)15-23-26(29(35)39)25(21-9-12-24-20(16-21)13-14-38(24)31(41)42-32(3,4)5)27-28(36-23)33(6,37-30(27)40)17-19-7-10-22(34)11-8-19/h7-12,16,18H,13-15,17H2,1-6H3,(H2,35,39)(H,37,40)/t33-/m0/s1. The maximum absolute atomic E-state index is 13.7. The van der Waals surface area contributed by atoms with Gasteiger partial charge in [-0.25, -0.2) is 9.18 Å². The number of hydrogen-bond donors (Lipinski definition) is 2. The molecule has 8 nitrogen and oxygen atoms in total. The largest absolute Gasteiger partial charge is 0.443 e. The van der Waals surface area contributed by atoms with Gasteiger partial charge in [0.05, 0.1) is 33.7 Å². The molecule has 42 heavy (non-hydrogen) atoms. The molecule has 0 bridgehead atoms. The Kier molecular flexibility index (Phi) is 7.33. The summed E-state index contributed by atoms with van der Waals surface area (Å²) in [4.78, 5) is 46.1. The van der Waals surface area contributed by atoms with Crippen molar-refractivity contribution < 1.29 is 23.5 Å². The van der Waals surface area contributed by atoms with Crippen LogP contribution in [-0.2, 0) is 29.5 Å². The van der Waals surface area contributed by atoms with Crippen LogP contribution < -0.4 is 16.0 Å². The number of nitrogens with zero attached hydrogens (tertiary/aromatic N) is 2. The van der Waals surface area contributed by atoms with E-state index in [0.717, 1.165) is 16.8 Å². The van der Waals surface area contributed by atoms with Crippen molar-refractivity contribution in [3.8, 4) is 11.1 Å². The lowest BCUT2D eigenvalue weighted by atomic mass is 9.84. The van der Waals surface area contributed by atoms with E-state index in [0.29, 0.717) is 53.9 Å². The number of carbonyl (C=O) groups is 3. The van der Waals surface area contributed by atoms with Crippen LogP contribution in [0, 0.1) is 11.7 Å². The first-order valence-corrected chi connectivity index (χ1v) is 14.2. The third-order valence-electron chi connectivity index (χ3n) is 7.61. The zero-order chi connectivity index (χ0) is 30.6. The Morgan fingerprint density at radius 2 is 1.83 bits per heavy atom. The summed E-state index contributed by atoms with van der Waals surface area (Å²) in [5, 5.41) is 3.09. The topological polar surface area (TPSA) is 115 Å². The Balaban J connectivity index is 1.67. The third-order valence-corrected chi connectivity index (χ3v) is 7.61. The van der Waals surface area contributed by atoms with E-state index in [1.54, 1.807) is 17.0 Å². The monoisotopic (exact) mass is 572 g/mol. The van der Waals surface area contributed by atoms with Gasteiger partial charge in [0.25, 0.3) is 11.8 Å². The lowest BCUT2D eigenvalue weighted by molar-refractivity contribution is 0.0583. The van der Waals surface area contributed by atoms with Gasteiger partial charge in [0, 0.05) is 18.5 Å². The molecule has 9 heteroatoms. The maximum Gasteiger partial charge on any atom is 0.414 e. The zero-order valence-electron chi connectivity index (χ0n) is 24.9. The number of amides is 3. The van der Waals surface area contributed by atoms with Gasteiger partial charge < -0.3 is 15.8 Å². The molecular weight excluding hydrogens is 535 g/mol. The fraction of sp³-hybridized carbons (Fsp3) is 0.394. The highest BCUT2D eigenvalue weighted by Crippen LogP contribution is 2.43. The second-order valence-corrected chi connectivity index (χ2v) is 12.8. The van der Waals surface area contributed by atoms with Gasteiger partial charge in [-0.2, -0.15) is 0 Å². The number of pyridine rings is 1. The minimum Gasteiger partial charge on any atom is -0.443 e. The molecule has 3 amide bonds. The molecule has 0 saturated heterocycles. The number of benzene rings is 2. The van der Waals surface area contributed by atoms with Crippen LogP contribution in [0.4, 0.5) is 14.9 Å². The van der Waals surface area contributed by atoms with Crippen LogP contribution in [-0.4, -0.2) is 35.0 Å².